The third-order valence-electron chi connectivity index (χ3n) is 5.08. The fourth-order valence-corrected chi connectivity index (χ4v) is 3.48. The number of nitrogens with one attached hydrogen (secondary N) is 2. The first-order valence-electron chi connectivity index (χ1n) is 9.76. The van der Waals surface area contributed by atoms with E-state index in [0.29, 0.717) is 12.6 Å². The second-order valence-electron chi connectivity index (χ2n) is 8.43. The molecular weight excluding hydrogens is 454 g/mol. The van der Waals surface area contributed by atoms with Gasteiger partial charge in [0, 0.05) is 44.7 Å². The van der Waals surface area contributed by atoms with E-state index in [0.717, 1.165) is 43.4 Å². The summed E-state index contributed by atoms with van der Waals surface area (Å²) < 4.78 is 13.5. The van der Waals surface area contributed by atoms with Crippen LogP contribution in [0.25, 0.3) is 0 Å². The lowest BCUT2D eigenvalue weighted by Crippen LogP contribution is -2.50. The highest BCUT2D eigenvalue weighted by molar-refractivity contribution is 14.0. The third kappa shape index (κ3) is 7.94. The van der Waals surface area contributed by atoms with E-state index in [1.54, 1.807) is 19.2 Å². The molecule has 6 heteroatoms. The normalized spacial score (nSPS) is 16.9. The van der Waals surface area contributed by atoms with Gasteiger partial charge >= 0.3 is 0 Å². The maximum atomic E-state index is 13.5. The van der Waals surface area contributed by atoms with Gasteiger partial charge in [0.25, 0.3) is 0 Å². The van der Waals surface area contributed by atoms with Crippen LogP contribution in [0.3, 0.4) is 0 Å². The SMILES string of the molecule is CN=C(NCC(C)(C)c1cccc(F)c1)NC1CCN(CC(C)C)CC1.I. The molecule has 0 unspecified atom stereocenters. The number of piperidine rings is 1. The number of aliphatic imine (C=N–C) groups is 1. The van der Waals surface area contributed by atoms with Crippen molar-refractivity contribution in [2.75, 3.05) is 33.2 Å². The minimum absolute atomic E-state index is 0. The summed E-state index contributed by atoms with van der Waals surface area (Å²) in [7, 11) is 1.80. The quantitative estimate of drug-likeness (QED) is 0.360. The average molecular weight is 490 g/mol. The summed E-state index contributed by atoms with van der Waals surface area (Å²) in [5.41, 5.74) is 0.808. The Balaban J connectivity index is 0.00000364. The van der Waals surface area contributed by atoms with E-state index in [2.05, 4.69) is 48.2 Å². The highest BCUT2D eigenvalue weighted by Crippen LogP contribution is 2.22. The number of likely N-dealkylation sites (tertiary alicyclic amines) is 1. The van der Waals surface area contributed by atoms with E-state index >= 15 is 0 Å². The Bertz CT molecular complexity index is 596. The molecule has 2 rings (SSSR count). The van der Waals surface area contributed by atoms with Crippen LogP contribution in [-0.4, -0.2) is 50.1 Å². The Kier molecular flexibility index (Phi) is 10.0. The molecule has 0 bridgehead atoms. The zero-order valence-electron chi connectivity index (χ0n) is 17.4. The van der Waals surface area contributed by atoms with Crippen LogP contribution in [0.5, 0.6) is 0 Å². The zero-order chi connectivity index (χ0) is 19.2. The summed E-state index contributed by atoms with van der Waals surface area (Å²) in [6.07, 6.45) is 2.28. The molecule has 0 amide bonds. The van der Waals surface area contributed by atoms with Crippen molar-refractivity contribution in [2.24, 2.45) is 10.9 Å². The van der Waals surface area contributed by atoms with Gasteiger partial charge in [-0.05, 0) is 36.5 Å². The molecule has 4 nitrogen and oxygen atoms in total. The molecule has 1 heterocycles. The standard InChI is InChI=1S/C21H35FN4.HI/c1-16(2)14-26-11-9-19(10-12-26)25-20(23-5)24-15-21(3,4)17-7-6-8-18(22)13-17;/h6-8,13,16,19H,9-12,14-15H2,1-5H3,(H2,23,24,25);1H. The number of guanidine groups is 1. The monoisotopic (exact) mass is 490 g/mol. The van der Waals surface area contributed by atoms with Gasteiger partial charge in [-0.2, -0.15) is 0 Å². The van der Waals surface area contributed by atoms with E-state index < -0.39 is 0 Å². The summed E-state index contributed by atoms with van der Waals surface area (Å²) in [6.45, 7) is 12.9. The van der Waals surface area contributed by atoms with E-state index in [9.17, 15) is 4.39 Å². The maximum absolute atomic E-state index is 13.5. The van der Waals surface area contributed by atoms with E-state index in [1.165, 1.54) is 12.6 Å². The highest BCUT2D eigenvalue weighted by atomic mass is 127. The van der Waals surface area contributed by atoms with Gasteiger partial charge in [0.15, 0.2) is 5.96 Å². The summed E-state index contributed by atoms with van der Waals surface area (Å²) in [5.74, 6) is 1.36. The first-order chi connectivity index (χ1) is 12.3. The molecule has 1 saturated heterocycles. The topological polar surface area (TPSA) is 39.7 Å². The number of hydrogen-bond donors (Lipinski definition) is 2. The van der Waals surface area contributed by atoms with Crippen LogP contribution in [0.1, 0.15) is 46.1 Å². The van der Waals surface area contributed by atoms with E-state index in [-0.39, 0.29) is 35.2 Å². The van der Waals surface area contributed by atoms with Gasteiger partial charge in [0.2, 0.25) is 0 Å². The van der Waals surface area contributed by atoms with Gasteiger partial charge in [0.1, 0.15) is 5.82 Å². The number of rotatable bonds is 6. The van der Waals surface area contributed by atoms with Gasteiger partial charge in [0.05, 0.1) is 0 Å². The molecular formula is C21H36FIN4. The van der Waals surface area contributed by atoms with E-state index in [4.69, 9.17) is 0 Å². The number of benzene rings is 1. The van der Waals surface area contributed by atoms with Crippen molar-refractivity contribution in [2.45, 2.75) is 52.0 Å². The van der Waals surface area contributed by atoms with Crippen LogP contribution in [0.4, 0.5) is 4.39 Å². The molecule has 0 atom stereocenters. The Morgan fingerprint density at radius 3 is 2.52 bits per heavy atom. The Labute approximate surface area is 181 Å². The van der Waals surface area contributed by atoms with Crippen molar-refractivity contribution in [3.63, 3.8) is 0 Å². The summed E-state index contributed by atoms with van der Waals surface area (Å²) in [5, 5.41) is 6.97. The Morgan fingerprint density at radius 1 is 1.30 bits per heavy atom. The zero-order valence-corrected chi connectivity index (χ0v) is 19.7. The molecule has 27 heavy (non-hydrogen) atoms. The average Bonchev–Trinajstić information content (AvgIpc) is 2.59. The van der Waals surface area contributed by atoms with Gasteiger partial charge in [-0.25, -0.2) is 4.39 Å². The number of hydrogen-bond acceptors (Lipinski definition) is 2. The molecule has 0 aliphatic carbocycles. The van der Waals surface area contributed by atoms with Crippen molar-refractivity contribution in [1.82, 2.24) is 15.5 Å². The lowest BCUT2D eigenvalue weighted by atomic mass is 9.84. The van der Waals surface area contributed by atoms with Crippen LogP contribution in [-0.2, 0) is 5.41 Å². The number of halogens is 2. The van der Waals surface area contributed by atoms with Gasteiger partial charge in [-0.1, -0.05) is 39.8 Å². The molecule has 1 aromatic carbocycles. The first-order valence-corrected chi connectivity index (χ1v) is 9.76. The predicted molar refractivity (Wildman–Crippen MR) is 124 cm³/mol. The Hall–Kier alpha value is -0.890. The lowest BCUT2D eigenvalue weighted by molar-refractivity contribution is 0.187. The highest BCUT2D eigenvalue weighted by Gasteiger charge is 2.23. The van der Waals surface area contributed by atoms with Gasteiger partial charge in [-0.15, -0.1) is 24.0 Å². The second-order valence-corrected chi connectivity index (χ2v) is 8.43. The van der Waals surface area contributed by atoms with Crippen molar-refractivity contribution in [3.8, 4) is 0 Å². The molecule has 1 aliphatic rings. The van der Waals surface area contributed by atoms with Crippen molar-refractivity contribution in [1.29, 1.82) is 0 Å². The van der Waals surface area contributed by atoms with Crippen LogP contribution in [0.2, 0.25) is 0 Å². The first kappa shape index (κ1) is 24.1. The van der Waals surface area contributed by atoms with Crippen LogP contribution < -0.4 is 10.6 Å². The molecule has 0 saturated carbocycles. The Morgan fingerprint density at radius 2 is 1.96 bits per heavy atom. The molecule has 2 N–H and O–H groups in total. The second kappa shape index (κ2) is 11.2. The van der Waals surface area contributed by atoms with Crippen LogP contribution >= 0.6 is 24.0 Å². The minimum atomic E-state index is -0.189. The number of nitrogens with zero attached hydrogens (tertiary/aromatic N) is 2. The molecule has 1 fully saturated rings. The summed E-state index contributed by atoms with van der Waals surface area (Å²) in [4.78, 5) is 6.92. The fraction of sp³-hybridized carbons (Fsp3) is 0.667. The van der Waals surface area contributed by atoms with Crippen molar-refractivity contribution >= 4 is 29.9 Å². The van der Waals surface area contributed by atoms with Crippen molar-refractivity contribution in [3.05, 3.63) is 35.6 Å². The van der Waals surface area contributed by atoms with Crippen LogP contribution in [0, 0.1) is 11.7 Å². The predicted octanol–water partition coefficient (Wildman–Crippen LogP) is 4.01. The maximum Gasteiger partial charge on any atom is 0.191 e. The summed E-state index contributed by atoms with van der Waals surface area (Å²) >= 11 is 0. The smallest absolute Gasteiger partial charge is 0.191 e. The molecule has 0 spiro atoms. The van der Waals surface area contributed by atoms with Crippen molar-refractivity contribution < 1.29 is 4.39 Å². The fourth-order valence-electron chi connectivity index (χ4n) is 3.48. The molecule has 1 aliphatic heterocycles. The van der Waals surface area contributed by atoms with Crippen LogP contribution in [0.15, 0.2) is 29.3 Å². The largest absolute Gasteiger partial charge is 0.356 e. The molecule has 154 valence electrons. The van der Waals surface area contributed by atoms with Gasteiger partial charge in [-0.3, -0.25) is 4.99 Å². The molecule has 0 aromatic heterocycles. The van der Waals surface area contributed by atoms with Gasteiger partial charge < -0.3 is 15.5 Å². The lowest BCUT2D eigenvalue weighted by Gasteiger charge is -2.34. The van der Waals surface area contributed by atoms with E-state index in [1.807, 2.05) is 6.07 Å². The third-order valence-corrected chi connectivity index (χ3v) is 5.08. The minimum Gasteiger partial charge on any atom is -0.356 e. The molecule has 1 aromatic rings. The summed E-state index contributed by atoms with van der Waals surface area (Å²) in [6, 6.07) is 7.30. The molecule has 0 radical (unpaired) electrons.